The largest absolute Gasteiger partial charge is 0.477 e. The monoisotopic (exact) mass is 237 g/mol. The van der Waals surface area contributed by atoms with Crippen LogP contribution in [0.4, 0.5) is 5.69 Å². The Morgan fingerprint density at radius 2 is 2.47 bits per heavy atom. The van der Waals surface area contributed by atoms with E-state index in [0.717, 1.165) is 13.0 Å². The van der Waals surface area contributed by atoms with Gasteiger partial charge in [0.1, 0.15) is 0 Å². The Morgan fingerprint density at radius 3 is 3.12 bits per heavy atom. The molecule has 92 valence electrons. The van der Waals surface area contributed by atoms with Gasteiger partial charge in [0, 0.05) is 18.6 Å². The van der Waals surface area contributed by atoms with Gasteiger partial charge < -0.3 is 20.9 Å². The van der Waals surface area contributed by atoms with Crippen LogP contribution in [0.15, 0.2) is 12.3 Å². The molecule has 6 nitrogen and oxygen atoms in total. The zero-order valence-corrected chi connectivity index (χ0v) is 9.39. The number of ether oxygens (including phenoxy) is 2. The summed E-state index contributed by atoms with van der Waals surface area (Å²) in [4.78, 5) is 15.1. The number of rotatable bonds is 4. The molecule has 0 aromatic carbocycles. The van der Waals surface area contributed by atoms with Crippen molar-refractivity contribution in [2.24, 2.45) is 11.7 Å². The molecule has 1 atom stereocenters. The number of nitrogens with zero attached hydrogens (tertiary/aromatic N) is 1. The third kappa shape index (κ3) is 2.85. The van der Waals surface area contributed by atoms with Crippen LogP contribution in [0.25, 0.3) is 0 Å². The first kappa shape index (κ1) is 11.7. The van der Waals surface area contributed by atoms with E-state index in [-0.39, 0.29) is 11.3 Å². The number of nitrogens with two attached hydrogens (primary N) is 2. The molecule has 6 heteroatoms. The molecule has 1 aliphatic heterocycles. The van der Waals surface area contributed by atoms with Crippen LogP contribution >= 0.6 is 0 Å². The van der Waals surface area contributed by atoms with Crippen molar-refractivity contribution in [3.8, 4) is 5.88 Å². The molecule has 17 heavy (non-hydrogen) atoms. The molecule has 2 rings (SSSR count). The number of carbonyl (C=O) groups excluding carboxylic acids is 1. The van der Waals surface area contributed by atoms with Crippen LogP contribution in [-0.4, -0.2) is 30.7 Å². The van der Waals surface area contributed by atoms with Gasteiger partial charge >= 0.3 is 0 Å². The summed E-state index contributed by atoms with van der Waals surface area (Å²) < 4.78 is 10.7. The standard InChI is InChI=1S/C11H15N3O3/c12-9-4-14-10(3-8(9)11(13)15)17-6-7-1-2-16-5-7/h3-4,7H,1-2,5-6,12H2,(H2,13,15). The number of aromatic nitrogens is 1. The lowest BCUT2D eigenvalue weighted by molar-refractivity contribution is 0.1000. The third-order valence-corrected chi connectivity index (χ3v) is 2.67. The molecule has 1 aromatic rings. The average molecular weight is 237 g/mol. The van der Waals surface area contributed by atoms with Gasteiger partial charge in [-0.15, -0.1) is 0 Å². The highest BCUT2D eigenvalue weighted by Crippen LogP contribution is 2.18. The van der Waals surface area contributed by atoms with E-state index < -0.39 is 5.91 Å². The third-order valence-electron chi connectivity index (χ3n) is 2.67. The van der Waals surface area contributed by atoms with E-state index in [1.807, 2.05) is 0 Å². The minimum absolute atomic E-state index is 0.234. The van der Waals surface area contributed by atoms with E-state index in [1.54, 1.807) is 0 Å². The summed E-state index contributed by atoms with van der Waals surface area (Å²) in [6.07, 6.45) is 2.36. The Morgan fingerprint density at radius 1 is 1.65 bits per heavy atom. The normalized spacial score (nSPS) is 19.2. The Kier molecular flexibility index (Phi) is 3.43. The number of primary amides is 1. The fourth-order valence-electron chi connectivity index (χ4n) is 1.66. The van der Waals surface area contributed by atoms with E-state index in [2.05, 4.69) is 4.98 Å². The summed E-state index contributed by atoms with van der Waals surface area (Å²) >= 11 is 0. The second kappa shape index (κ2) is 5.01. The SMILES string of the molecule is NC(=O)c1cc(OCC2CCOC2)ncc1N. The van der Waals surface area contributed by atoms with Crippen LogP contribution in [0, 0.1) is 5.92 Å². The van der Waals surface area contributed by atoms with Gasteiger partial charge in [-0.2, -0.15) is 0 Å². The molecular weight excluding hydrogens is 222 g/mol. The molecule has 1 aliphatic rings. The molecule has 0 saturated carbocycles. The quantitative estimate of drug-likeness (QED) is 0.777. The Balaban J connectivity index is 2.00. The summed E-state index contributed by atoms with van der Waals surface area (Å²) in [5.74, 6) is 0.158. The zero-order valence-electron chi connectivity index (χ0n) is 9.39. The van der Waals surface area contributed by atoms with Crippen LogP contribution in [0.2, 0.25) is 0 Å². The number of amides is 1. The number of anilines is 1. The maximum atomic E-state index is 11.1. The van der Waals surface area contributed by atoms with Crippen molar-refractivity contribution in [1.29, 1.82) is 0 Å². The highest BCUT2D eigenvalue weighted by molar-refractivity contribution is 5.97. The van der Waals surface area contributed by atoms with Gasteiger partial charge in [-0.3, -0.25) is 4.79 Å². The predicted octanol–water partition coefficient (Wildman–Crippen LogP) is 0.178. The van der Waals surface area contributed by atoms with Crippen molar-refractivity contribution in [1.82, 2.24) is 4.98 Å². The molecule has 1 aromatic heterocycles. The Hall–Kier alpha value is -1.82. The molecule has 1 saturated heterocycles. The molecule has 0 aliphatic carbocycles. The summed E-state index contributed by atoms with van der Waals surface area (Å²) in [6.45, 7) is 2.00. The summed E-state index contributed by atoms with van der Waals surface area (Å²) in [5.41, 5.74) is 11.2. The van der Waals surface area contributed by atoms with E-state index in [9.17, 15) is 4.79 Å². The minimum atomic E-state index is -0.584. The summed E-state index contributed by atoms with van der Waals surface area (Å²) in [5, 5.41) is 0. The zero-order chi connectivity index (χ0) is 12.3. The number of hydrogen-bond acceptors (Lipinski definition) is 5. The number of nitrogen functional groups attached to an aromatic ring is 1. The van der Waals surface area contributed by atoms with E-state index in [0.29, 0.717) is 25.0 Å². The fraction of sp³-hybridized carbons (Fsp3) is 0.455. The highest BCUT2D eigenvalue weighted by Gasteiger charge is 2.17. The van der Waals surface area contributed by atoms with Gasteiger partial charge in [0.25, 0.3) is 5.91 Å². The topological polar surface area (TPSA) is 100 Å². The Bertz CT molecular complexity index is 416. The number of pyridine rings is 1. The molecule has 4 N–H and O–H groups in total. The van der Waals surface area contributed by atoms with Gasteiger partial charge in [-0.05, 0) is 6.42 Å². The van der Waals surface area contributed by atoms with Crippen LogP contribution in [0.3, 0.4) is 0 Å². The van der Waals surface area contributed by atoms with Crippen molar-refractivity contribution in [3.05, 3.63) is 17.8 Å². The molecular formula is C11H15N3O3. The number of carbonyl (C=O) groups is 1. The lowest BCUT2D eigenvalue weighted by Gasteiger charge is -2.10. The average Bonchev–Trinajstić information content (AvgIpc) is 2.80. The predicted molar refractivity (Wildman–Crippen MR) is 61.6 cm³/mol. The second-order valence-corrected chi connectivity index (χ2v) is 4.01. The molecule has 0 radical (unpaired) electrons. The first-order valence-electron chi connectivity index (χ1n) is 5.42. The first-order valence-corrected chi connectivity index (χ1v) is 5.42. The van der Waals surface area contributed by atoms with Crippen LogP contribution < -0.4 is 16.2 Å². The maximum Gasteiger partial charge on any atom is 0.251 e. The van der Waals surface area contributed by atoms with Crippen molar-refractivity contribution < 1.29 is 14.3 Å². The van der Waals surface area contributed by atoms with Gasteiger partial charge in [-0.25, -0.2) is 4.98 Å². The highest BCUT2D eigenvalue weighted by atomic mass is 16.5. The molecule has 1 fully saturated rings. The van der Waals surface area contributed by atoms with Gasteiger partial charge in [0.15, 0.2) is 0 Å². The summed E-state index contributed by atoms with van der Waals surface area (Å²) in [7, 11) is 0. The van der Waals surface area contributed by atoms with E-state index in [4.69, 9.17) is 20.9 Å². The smallest absolute Gasteiger partial charge is 0.251 e. The van der Waals surface area contributed by atoms with E-state index >= 15 is 0 Å². The fourth-order valence-corrected chi connectivity index (χ4v) is 1.66. The van der Waals surface area contributed by atoms with Crippen molar-refractivity contribution in [2.75, 3.05) is 25.6 Å². The molecule has 2 heterocycles. The first-order chi connectivity index (χ1) is 8.16. The van der Waals surface area contributed by atoms with Crippen molar-refractivity contribution in [2.45, 2.75) is 6.42 Å². The lowest BCUT2D eigenvalue weighted by Crippen LogP contribution is -2.16. The summed E-state index contributed by atoms with van der Waals surface area (Å²) in [6, 6.07) is 1.47. The van der Waals surface area contributed by atoms with Gasteiger partial charge in [0.05, 0.1) is 30.7 Å². The second-order valence-electron chi connectivity index (χ2n) is 4.01. The van der Waals surface area contributed by atoms with Gasteiger partial charge in [0.2, 0.25) is 5.88 Å². The maximum absolute atomic E-state index is 11.1. The molecule has 0 spiro atoms. The number of hydrogen-bond donors (Lipinski definition) is 2. The van der Waals surface area contributed by atoms with Gasteiger partial charge in [-0.1, -0.05) is 0 Å². The van der Waals surface area contributed by atoms with Crippen molar-refractivity contribution >= 4 is 11.6 Å². The molecule has 1 amide bonds. The Labute approximate surface area is 98.9 Å². The van der Waals surface area contributed by atoms with Crippen LogP contribution in [0.5, 0.6) is 5.88 Å². The van der Waals surface area contributed by atoms with E-state index in [1.165, 1.54) is 12.3 Å². The molecule has 1 unspecified atom stereocenters. The van der Waals surface area contributed by atoms with Crippen LogP contribution in [0.1, 0.15) is 16.8 Å². The lowest BCUT2D eigenvalue weighted by atomic mass is 10.1. The minimum Gasteiger partial charge on any atom is -0.477 e. The van der Waals surface area contributed by atoms with Crippen LogP contribution in [-0.2, 0) is 4.74 Å². The molecule has 0 bridgehead atoms. The van der Waals surface area contributed by atoms with Crippen molar-refractivity contribution in [3.63, 3.8) is 0 Å².